The van der Waals surface area contributed by atoms with E-state index in [2.05, 4.69) is 23.7 Å². The van der Waals surface area contributed by atoms with Gasteiger partial charge in [-0.05, 0) is 46.8 Å². The Hall–Kier alpha value is -2.04. The molecule has 22 heavy (non-hydrogen) atoms. The Kier molecular flexibility index (Phi) is 4.74. The van der Waals surface area contributed by atoms with E-state index in [-0.39, 0.29) is 11.9 Å². The van der Waals surface area contributed by atoms with Crippen molar-refractivity contribution in [2.45, 2.75) is 40.7 Å². The summed E-state index contributed by atoms with van der Waals surface area (Å²) in [5, 5.41) is 0. The fourth-order valence-corrected chi connectivity index (χ4v) is 2.62. The smallest absolute Gasteiger partial charge is 0.255 e. The van der Waals surface area contributed by atoms with Crippen molar-refractivity contribution >= 4 is 17.4 Å². The van der Waals surface area contributed by atoms with Gasteiger partial charge in [-0.1, -0.05) is 0 Å². The molecule has 1 amide bonds. The largest absolute Gasteiger partial charge is 0.357 e. The zero-order valence-corrected chi connectivity index (χ0v) is 14.4. The highest BCUT2D eigenvalue weighted by Gasteiger charge is 2.18. The van der Waals surface area contributed by atoms with E-state index in [1.165, 1.54) is 0 Å². The number of pyridine rings is 1. The number of rotatable bonds is 5. The standard InChI is InChI=1S/C17H26N4O/c1-7-20(8-2)16-13(5)18-15-10-9-14(11-21(15)16)17(22)19(6)12(3)4/h9-12H,7-8H2,1-6H3. The molecule has 2 aromatic heterocycles. The van der Waals surface area contributed by atoms with Crippen LogP contribution in [0, 0.1) is 6.92 Å². The second-order valence-corrected chi connectivity index (χ2v) is 5.85. The topological polar surface area (TPSA) is 40.9 Å². The summed E-state index contributed by atoms with van der Waals surface area (Å²) in [6.45, 7) is 12.1. The van der Waals surface area contributed by atoms with Gasteiger partial charge in [0.1, 0.15) is 11.5 Å². The molecule has 0 aliphatic carbocycles. The summed E-state index contributed by atoms with van der Waals surface area (Å²) < 4.78 is 2.03. The molecule has 5 nitrogen and oxygen atoms in total. The highest BCUT2D eigenvalue weighted by Crippen LogP contribution is 2.23. The van der Waals surface area contributed by atoms with Crippen LogP contribution in [0.4, 0.5) is 5.82 Å². The third kappa shape index (κ3) is 2.80. The number of fused-ring (bicyclic) bond motifs is 1. The zero-order valence-electron chi connectivity index (χ0n) is 14.4. The number of aryl methyl sites for hydroxylation is 1. The molecule has 0 aromatic carbocycles. The lowest BCUT2D eigenvalue weighted by atomic mass is 10.2. The van der Waals surface area contributed by atoms with Gasteiger partial charge in [-0.25, -0.2) is 4.98 Å². The van der Waals surface area contributed by atoms with Crippen molar-refractivity contribution in [2.24, 2.45) is 0 Å². The van der Waals surface area contributed by atoms with E-state index in [9.17, 15) is 4.79 Å². The van der Waals surface area contributed by atoms with Crippen LogP contribution in [-0.2, 0) is 0 Å². The predicted molar refractivity (Wildman–Crippen MR) is 90.7 cm³/mol. The molecular formula is C17H26N4O. The number of anilines is 1. The molecule has 2 rings (SSSR count). The molecule has 2 aromatic rings. The molecule has 0 bridgehead atoms. The minimum atomic E-state index is 0.0359. The first-order valence-electron chi connectivity index (χ1n) is 7.91. The number of hydrogen-bond donors (Lipinski definition) is 0. The SMILES string of the molecule is CCN(CC)c1c(C)nc2ccc(C(=O)N(C)C(C)C)cn12. The summed E-state index contributed by atoms with van der Waals surface area (Å²) in [4.78, 5) is 21.2. The Bertz CT molecular complexity index is 671. The third-order valence-corrected chi connectivity index (χ3v) is 4.17. The molecule has 0 atom stereocenters. The average Bonchev–Trinajstić information content (AvgIpc) is 2.83. The number of amides is 1. The first-order chi connectivity index (χ1) is 10.4. The third-order valence-electron chi connectivity index (χ3n) is 4.17. The normalized spacial score (nSPS) is 11.2. The highest BCUT2D eigenvalue weighted by atomic mass is 16.2. The summed E-state index contributed by atoms with van der Waals surface area (Å²) in [5.74, 6) is 1.11. The van der Waals surface area contributed by atoms with E-state index in [1.807, 2.05) is 50.5 Å². The van der Waals surface area contributed by atoms with Gasteiger partial charge >= 0.3 is 0 Å². The van der Waals surface area contributed by atoms with E-state index in [0.717, 1.165) is 30.2 Å². The number of hydrogen-bond acceptors (Lipinski definition) is 3. The molecule has 0 saturated carbocycles. The van der Waals surface area contributed by atoms with E-state index >= 15 is 0 Å². The van der Waals surface area contributed by atoms with Gasteiger partial charge in [0.2, 0.25) is 0 Å². The number of carbonyl (C=O) groups is 1. The van der Waals surface area contributed by atoms with Crippen LogP contribution in [0.15, 0.2) is 18.3 Å². The Labute approximate surface area is 132 Å². The van der Waals surface area contributed by atoms with E-state index in [0.29, 0.717) is 5.56 Å². The lowest BCUT2D eigenvalue weighted by molar-refractivity contribution is 0.0754. The van der Waals surface area contributed by atoms with Crippen LogP contribution in [0.25, 0.3) is 5.65 Å². The molecule has 2 heterocycles. The number of imidazole rings is 1. The minimum absolute atomic E-state index is 0.0359. The fourth-order valence-electron chi connectivity index (χ4n) is 2.62. The van der Waals surface area contributed by atoms with Crippen LogP contribution in [-0.4, -0.2) is 46.4 Å². The lowest BCUT2D eigenvalue weighted by Gasteiger charge is -2.23. The summed E-state index contributed by atoms with van der Waals surface area (Å²) in [6, 6.07) is 3.95. The van der Waals surface area contributed by atoms with Crippen LogP contribution in [0.1, 0.15) is 43.7 Å². The molecule has 0 aliphatic heterocycles. The van der Waals surface area contributed by atoms with Crippen molar-refractivity contribution in [3.8, 4) is 0 Å². The average molecular weight is 302 g/mol. The minimum Gasteiger partial charge on any atom is -0.357 e. The van der Waals surface area contributed by atoms with Crippen LogP contribution in [0.5, 0.6) is 0 Å². The van der Waals surface area contributed by atoms with Crippen LogP contribution < -0.4 is 4.90 Å². The summed E-state index contributed by atoms with van der Waals surface area (Å²) in [7, 11) is 1.83. The van der Waals surface area contributed by atoms with Gasteiger partial charge in [0.15, 0.2) is 0 Å². The van der Waals surface area contributed by atoms with E-state index < -0.39 is 0 Å². The Morgan fingerprint density at radius 2 is 1.91 bits per heavy atom. The zero-order chi connectivity index (χ0) is 16.4. The number of carbonyl (C=O) groups excluding carboxylic acids is 1. The molecule has 0 fully saturated rings. The molecule has 5 heteroatoms. The van der Waals surface area contributed by atoms with Crippen molar-refractivity contribution in [2.75, 3.05) is 25.0 Å². The van der Waals surface area contributed by atoms with Crippen LogP contribution in [0.3, 0.4) is 0 Å². The molecular weight excluding hydrogens is 276 g/mol. The van der Waals surface area contributed by atoms with Gasteiger partial charge in [0, 0.05) is 32.4 Å². The summed E-state index contributed by atoms with van der Waals surface area (Å²) in [6.07, 6.45) is 1.91. The van der Waals surface area contributed by atoms with Crippen molar-refractivity contribution in [1.29, 1.82) is 0 Å². The maximum Gasteiger partial charge on any atom is 0.255 e. The highest BCUT2D eigenvalue weighted by molar-refractivity contribution is 5.94. The van der Waals surface area contributed by atoms with E-state index in [1.54, 1.807) is 4.90 Å². The molecule has 0 unspecified atom stereocenters. The molecule has 0 spiro atoms. The predicted octanol–water partition coefficient (Wildman–Crippen LogP) is 2.97. The first kappa shape index (κ1) is 16.3. The molecule has 0 N–H and O–H groups in total. The lowest BCUT2D eigenvalue weighted by Crippen LogP contribution is -2.33. The van der Waals surface area contributed by atoms with Crippen molar-refractivity contribution in [3.63, 3.8) is 0 Å². The van der Waals surface area contributed by atoms with Gasteiger partial charge < -0.3 is 9.80 Å². The van der Waals surface area contributed by atoms with Gasteiger partial charge in [-0.2, -0.15) is 0 Å². The molecule has 0 radical (unpaired) electrons. The Balaban J connectivity index is 2.53. The Morgan fingerprint density at radius 1 is 1.27 bits per heavy atom. The van der Waals surface area contributed by atoms with Gasteiger partial charge in [-0.15, -0.1) is 0 Å². The van der Waals surface area contributed by atoms with Crippen LogP contribution in [0.2, 0.25) is 0 Å². The summed E-state index contributed by atoms with van der Waals surface area (Å²) >= 11 is 0. The van der Waals surface area contributed by atoms with Crippen molar-refractivity contribution in [1.82, 2.24) is 14.3 Å². The Morgan fingerprint density at radius 3 is 2.45 bits per heavy atom. The quantitative estimate of drug-likeness (QED) is 0.852. The number of nitrogens with zero attached hydrogens (tertiary/aromatic N) is 4. The van der Waals surface area contributed by atoms with Crippen LogP contribution >= 0.6 is 0 Å². The van der Waals surface area contributed by atoms with E-state index in [4.69, 9.17) is 0 Å². The van der Waals surface area contributed by atoms with Gasteiger partial charge in [-0.3, -0.25) is 9.20 Å². The maximum absolute atomic E-state index is 12.5. The van der Waals surface area contributed by atoms with Crippen molar-refractivity contribution < 1.29 is 4.79 Å². The van der Waals surface area contributed by atoms with Crippen molar-refractivity contribution in [3.05, 3.63) is 29.6 Å². The fraction of sp³-hybridized carbons (Fsp3) is 0.529. The monoisotopic (exact) mass is 302 g/mol. The number of aromatic nitrogens is 2. The first-order valence-corrected chi connectivity index (χ1v) is 7.91. The second kappa shape index (κ2) is 6.38. The molecule has 0 aliphatic rings. The van der Waals surface area contributed by atoms with Gasteiger partial charge in [0.05, 0.1) is 11.3 Å². The molecule has 0 saturated heterocycles. The second-order valence-electron chi connectivity index (χ2n) is 5.85. The summed E-state index contributed by atoms with van der Waals surface area (Å²) in [5.41, 5.74) is 2.56. The maximum atomic E-state index is 12.5. The van der Waals surface area contributed by atoms with Gasteiger partial charge in [0.25, 0.3) is 5.91 Å². The molecule has 120 valence electrons.